The van der Waals surface area contributed by atoms with Crippen LogP contribution in [0.5, 0.6) is 0 Å². The fourth-order valence-corrected chi connectivity index (χ4v) is 6.72. The monoisotopic (exact) mass is 697 g/mol. The second-order valence-corrected chi connectivity index (χ2v) is 13.4. The number of H-pyrrole nitrogens is 2. The van der Waals surface area contributed by atoms with E-state index in [0.717, 1.165) is 115 Å². The van der Waals surface area contributed by atoms with E-state index in [1.165, 1.54) is 0 Å². The van der Waals surface area contributed by atoms with Crippen LogP contribution in [0, 0.1) is 0 Å². The lowest BCUT2D eigenvalue weighted by Crippen LogP contribution is -1.81. The van der Waals surface area contributed by atoms with Gasteiger partial charge in [-0.3, -0.25) is 4.98 Å². The van der Waals surface area contributed by atoms with Gasteiger partial charge in [0.05, 0.1) is 68.3 Å². The average Bonchev–Trinajstić information content (AvgIpc) is 3.97. The lowest BCUT2D eigenvalue weighted by Gasteiger charge is -1.86. The van der Waals surface area contributed by atoms with Crippen LogP contribution in [0.2, 0.25) is 0 Å². The predicted octanol–water partition coefficient (Wildman–Crippen LogP) is 9.29. The van der Waals surface area contributed by atoms with E-state index < -0.39 is 0 Å². The van der Waals surface area contributed by atoms with Crippen molar-refractivity contribution in [3.8, 4) is 0 Å². The highest BCUT2D eigenvalue weighted by Crippen LogP contribution is 2.21. The molecule has 256 valence electrons. The molecule has 0 saturated carbocycles. The minimum Gasteiger partial charge on any atom is -0.355 e. The van der Waals surface area contributed by atoms with Crippen molar-refractivity contribution in [2.45, 2.75) is 12.8 Å². The molecule has 3 aromatic rings. The molecule has 2 N–H and O–H groups in total. The van der Waals surface area contributed by atoms with Crippen LogP contribution in [0.1, 0.15) is 79.7 Å². The van der Waals surface area contributed by atoms with E-state index in [1.54, 1.807) is 0 Å². The molecule has 18 bridgehead atoms. The van der Waals surface area contributed by atoms with E-state index in [0.29, 0.717) is 0 Å². The normalized spacial score (nSPS) is 13.7. The molecular formula is C45H31N9. The van der Waals surface area contributed by atoms with E-state index in [1.807, 2.05) is 134 Å². The first-order chi connectivity index (χ1) is 26.5. The Morgan fingerprint density at radius 2 is 0.481 bits per heavy atom. The number of rotatable bonds is 0. The number of fused-ring (bicyclic) bond motifs is 18. The van der Waals surface area contributed by atoms with Crippen LogP contribution < -0.4 is 0 Å². The first-order valence-corrected chi connectivity index (χ1v) is 17.8. The molecule has 9 nitrogen and oxygen atoms in total. The van der Waals surface area contributed by atoms with Gasteiger partial charge in [-0.2, -0.15) is 0 Å². The van der Waals surface area contributed by atoms with Crippen molar-refractivity contribution in [3.05, 3.63) is 159 Å². The van der Waals surface area contributed by atoms with Crippen molar-refractivity contribution in [1.82, 2.24) is 44.9 Å². The number of aromatic amines is 2. The summed E-state index contributed by atoms with van der Waals surface area (Å²) in [6.45, 7) is 0. The van der Waals surface area contributed by atoms with Gasteiger partial charge in [-0.25, -0.2) is 29.9 Å². The van der Waals surface area contributed by atoms with Crippen molar-refractivity contribution < 1.29 is 0 Å². The summed E-state index contributed by atoms with van der Waals surface area (Å²) in [6.07, 6.45) is 25.8. The maximum absolute atomic E-state index is 4.87. The third-order valence-electron chi connectivity index (χ3n) is 9.21. The van der Waals surface area contributed by atoms with Gasteiger partial charge >= 0.3 is 0 Å². The summed E-state index contributed by atoms with van der Waals surface area (Å²) in [4.78, 5) is 40.5. The smallest absolute Gasteiger partial charge is 0.0659 e. The van der Waals surface area contributed by atoms with Gasteiger partial charge in [0.1, 0.15) is 0 Å². The van der Waals surface area contributed by atoms with Crippen LogP contribution in [0.25, 0.3) is 95.0 Å². The topological polar surface area (TPSA) is 122 Å². The molecule has 0 aliphatic carbocycles. The number of aryl methyl sites for hydroxylation is 2. The molecule has 10 rings (SSSR count). The Kier molecular flexibility index (Phi) is 7.72. The summed E-state index contributed by atoms with van der Waals surface area (Å²) in [5.41, 5.74) is 16.3. The van der Waals surface area contributed by atoms with Gasteiger partial charge in [-0.05, 0) is 165 Å². The Balaban J connectivity index is 1.06. The number of nitrogens with zero attached hydrogens (tertiary/aromatic N) is 7. The summed E-state index contributed by atoms with van der Waals surface area (Å²) < 4.78 is 0. The summed E-state index contributed by atoms with van der Waals surface area (Å²) in [5.74, 6) is 0. The highest BCUT2D eigenvalue weighted by molar-refractivity contribution is 5.79. The quantitative estimate of drug-likeness (QED) is 0.162. The van der Waals surface area contributed by atoms with Crippen LogP contribution in [-0.4, -0.2) is 44.9 Å². The minimum atomic E-state index is 0.840. The molecule has 54 heavy (non-hydrogen) atoms. The molecule has 0 fully saturated rings. The highest BCUT2D eigenvalue weighted by Gasteiger charge is 2.09. The molecule has 7 aliphatic heterocycles. The summed E-state index contributed by atoms with van der Waals surface area (Å²) in [5, 5.41) is 0. The Bertz CT molecular complexity index is 2900. The van der Waals surface area contributed by atoms with Crippen molar-refractivity contribution in [3.63, 3.8) is 0 Å². The van der Waals surface area contributed by atoms with Crippen molar-refractivity contribution >= 4 is 95.0 Å². The maximum atomic E-state index is 4.87. The number of hydrogen-bond donors (Lipinski definition) is 2. The van der Waals surface area contributed by atoms with Gasteiger partial charge in [-0.15, -0.1) is 0 Å². The van der Waals surface area contributed by atoms with E-state index in [9.17, 15) is 0 Å². The predicted molar refractivity (Wildman–Crippen MR) is 219 cm³/mol. The highest BCUT2D eigenvalue weighted by atomic mass is 14.8. The van der Waals surface area contributed by atoms with Crippen LogP contribution in [-0.2, 0) is 12.8 Å². The minimum absolute atomic E-state index is 0.840. The second-order valence-electron chi connectivity index (χ2n) is 13.4. The maximum Gasteiger partial charge on any atom is 0.0659 e. The molecule has 3 aromatic heterocycles. The molecule has 0 saturated heterocycles. The number of aromatic nitrogens is 9. The van der Waals surface area contributed by atoms with E-state index in [2.05, 4.69) is 28.2 Å². The first-order valence-electron chi connectivity index (χ1n) is 17.8. The summed E-state index contributed by atoms with van der Waals surface area (Å²) in [7, 11) is 0. The van der Waals surface area contributed by atoms with E-state index in [4.69, 9.17) is 34.9 Å². The number of nitrogens with one attached hydrogen (secondary N) is 2. The van der Waals surface area contributed by atoms with Gasteiger partial charge in [-0.1, -0.05) is 0 Å². The zero-order valence-corrected chi connectivity index (χ0v) is 29.0. The Labute approximate surface area is 310 Å². The van der Waals surface area contributed by atoms with Crippen LogP contribution in [0.15, 0.2) is 78.9 Å². The third kappa shape index (κ3) is 7.06. The molecule has 0 atom stereocenters. The van der Waals surface area contributed by atoms with Crippen LogP contribution in [0.4, 0.5) is 0 Å². The summed E-state index contributed by atoms with van der Waals surface area (Å²) in [6, 6.07) is 26.4. The largest absolute Gasteiger partial charge is 0.355 e. The molecule has 9 heteroatoms. The molecule has 7 aliphatic rings. The molecule has 0 amide bonds. The fraction of sp³-hybridized carbons (Fsp3) is 0.0444. The first kappa shape index (κ1) is 31.4. The van der Waals surface area contributed by atoms with E-state index >= 15 is 0 Å². The van der Waals surface area contributed by atoms with E-state index in [-0.39, 0.29) is 0 Å². The Hall–Kier alpha value is -7.39. The standard InChI is InChI=1S/C45H31N9/c1-2-29-20-31-5-6-33(48-31)22-35-9-10-37(50-35)24-39-13-14-41(52-39)26-43-17-18-45(54-43)27-44-16-15-42(53-44)25-40-12-11-38(51-40)23-36-8-7-34(49-36)21-32-4-3-30(47-32)19-28(1)46-29/h1-16,19-27,46,50H,17-18H2. The van der Waals surface area contributed by atoms with Crippen molar-refractivity contribution in [2.75, 3.05) is 0 Å². The van der Waals surface area contributed by atoms with Gasteiger partial charge in [0.25, 0.3) is 0 Å². The Morgan fingerprint density at radius 3 is 0.741 bits per heavy atom. The van der Waals surface area contributed by atoms with Gasteiger partial charge < -0.3 is 9.97 Å². The van der Waals surface area contributed by atoms with Crippen LogP contribution in [0.3, 0.4) is 0 Å². The number of hydrogen-bond acceptors (Lipinski definition) is 7. The lowest BCUT2D eigenvalue weighted by molar-refractivity contribution is 1.02. The van der Waals surface area contributed by atoms with Crippen LogP contribution >= 0.6 is 0 Å². The van der Waals surface area contributed by atoms with Gasteiger partial charge in [0.15, 0.2) is 0 Å². The molecule has 0 aromatic carbocycles. The van der Waals surface area contributed by atoms with Gasteiger partial charge in [0.2, 0.25) is 0 Å². The van der Waals surface area contributed by atoms with Crippen molar-refractivity contribution in [1.29, 1.82) is 0 Å². The molecule has 0 spiro atoms. The molecule has 0 radical (unpaired) electrons. The van der Waals surface area contributed by atoms with Crippen molar-refractivity contribution in [2.24, 2.45) is 0 Å². The Morgan fingerprint density at radius 1 is 0.259 bits per heavy atom. The molecule has 0 unspecified atom stereocenters. The molecule has 10 heterocycles. The third-order valence-corrected chi connectivity index (χ3v) is 9.21. The fourth-order valence-electron chi connectivity index (χ4n) is 6.72. The average molecular weight is 698 g/mol. The molecular weight excluding hydrogens is 667 g/mol. The zero-order chi connectivity index (χ0) is 35.8. The second kappa shape index (κ2) is 13.3. The SMILES string of the molecule is C1=Cc2cc3nc(cc4nc(cc5nc(cc6ccc(cc7nc(cc8ccc(cc9nc(cc%10nc(cc1n2)C=C%10)C=C9)[nH]8)C=C7)[nH]6)C=C5)CC4)C=C3. The van der Waals surface area contributed by atoms with Gasteiger partial charge in [0, 0.05) is 33.5 Å². The lowest BCUT2D eigenvalue weighted by atomic mass is 10.2. The zero-order valence-electron chi connectivity index (χ0n) is 29.0. The summed E-state index contributed by atoms with van der Waals surface area (Å²) >= 11 is 0.